The second-order valence-electron chi connectivity index (χ2n) is 11.4. The van der Waals surface area contributed by atoms with Gasteiger partial charge in [0.25, 0.3) is 0 Å². The number of benzene rings is 3. The summed E-state index contributed by atoms with van der Waals surface area (Å²) in [5.74, 6) is -1.97. The molecule has 4 rings (SSSR count). The number of aliphatic hydroxyl groups is 1. The number of hydrogen-bond acceptors (Lipinski definition) is 10. The number of hydrogen-bond donors (Lipinski definition) is 7. The molecular weight excluding hydrogens is 685 g/mol. The first-order valence-corrected chi connectivity index (χ1v) is 18.4. The quantitative estimate of drug-likeness (QED) is 0.113. The highest BCUT2D eigenvalue weighted by Crippen LogP contribution is 2.28. The van der Waals surface area contributed by atoms with E-state index in [0.717, 1.165) is 12.3 Å². The number of phenolic OH excluding ortho intramolecular Hbond substituents is 1. The predicted octanol–water partition coefficient (Wildman–Crippen LogP) is 2.41. The van der Waals surface area contributed by atoms with Gasteiger partial charge in [-0.1, -0.05) is 12.1 Å². The first-order chi connectivity index (χ1) is 23.1. The number of aromatic hydroxyl groups is 1. The third-order valence-electron chi connectivity index (χ3n) is 7.62. The Morgan fingerprint density at radius 1 is 1.02 bits per heavy atom. The maximum atomic E-state index is 14.3. The first-order valence-electron chi connectivity index (χ1n) is 15.1. The van der Waals surface area contributed by atoms with Gasteiger partial charge in [-0.2, -0.15) is 4.31 Å². The van der Waals surface area contributed by atoms with Crippen molar-refractivity contribution in [3.05, 3.63) is 77.6 Å². The minimum atomic E-state index is -3.79. The molecule has 0 radical (unpaired) electrons. The number of halogens is 1. The van der Waals surface area contributed by atoms with Crippen molar-refractivity contribution in [3.63, 3.8) is 0 Å². The van der Waals surface area contributed by atoms with E-state index in [1.54, 1.807) is 0 Å². The van der Waals surface area contributed by atoms with Crippen LogP contribution >= 0.6 is 0 Å². The van der Waals surface area contributed by atoms with Crippen LogP contribution in [-0.2, 0) is 31.4 Å². The lowest BCUT2D eigenvalue weighted by molar-refractivity contribution is -0.139. The molecule has 3 aromatic carbocycles. The van der Waals surface area contributed by atoms with Gasteiger partial charge in [-0.3, -0.25) is 4.72 Å². The third-order valence-corrected chi connectivity index (χ3v) is 10.1. The number of aliphatic carboxylic acids is 1. The second kappa shape index (κ2) is 16.3. The number of rotatable bonds is 15. The number of urea groups is 1. The van der Waals surface area contributed by atoms with E-state index < -0.39 is 50.6 Å². The molecule has 15 nitrogen and oxygen atoms in total. The fourth-order valence-corrected chi connectivity index (χ4v) is 7.09. The van der Waals surface area contributed by atoms with Gasteiger partial charge in [0.1, 0.15) is 17.3 Å². The topological polar surface area (TPSA) is 224 Å². The number of sulfonamides is 2. The summed E-state index contributed by atoms with van der Waals surface area (Å²) in [6.45, 7) is 0.490. The SMILES string of the molecule is CS(=O)(=O)Nc1cc(C(O)CNCC2CCN(S(=O)(=O)c3ccc(NC(=O)NCc4ccc(OCC(=O)O)cc4F)cc3)CC2)ccc1O. The number of carbonyl (C=O) groups is 2. The molecule has 0 saturated carbocycles. The van der Waals surface area contributed by atoms with Crippen LogP contribution in [0.3, 0.4) is 0 Å². The van der Waals surface area contributed by atoms with Gasteiger partial charge >= 0.3 is 12.0 Å². The number of carbonyl (C=O) groups excluding carboxylic acids is 1. The second-order valence-corrected chi connectivity index (χ2v) is 15.1. The van der Waals surface area contributed by atoms with Crippen molar-refractivity contribution in [3.8, 4) is 11.5 Å². The summed E-state index contributed by atoms with van der Waals surface area (Å²) in [6, 6.07) is 12.9. The van der Waals surface area contributed by atoms with E-state index in [4.69, 9.17) is 9.84 Å². The summed E-state index contributed by atoms with van der Waals surface area (Å²) in [5.41, 5.74) is 0.829. The Kier molecular flexibility index (Phi) is 12.4. The van der Waals surface area contributed by atoms with Gasteiger partial charge in [-0.15, -0.1) is 0 Å². The number of piperidine rings is 1. The molecule has 18 heteroatoms. The predicted molar refractivity (Wildman–Crippen MR) is 178 cm³/mol. The maximum Gasteiger partial charge on any atom is 0.341 e. The highest BCUT2D eigenvalue weighted by Gasteiger charge is 2.29. The Balaban J connectivity index is 1.20. The third kappa shape index (κ3) is 11.0. The number of phenols is 1. The smallest absolute Gasteiger partial charge is 0.341 e. The molecule has 0 aromatic heterocycles. The molecular formula is C31H38FN5O10S2. The van der Waals surface area contributed by atoms with Gasteiger partial charge in [0, 0.05) is 43.5 Å². The Hall–Kier alpha value is -4.49. The summed E-state index contributed by atoms with van der Waals surface area (Å²) in [4.78, 5) is 23.0. The van der Waals surface area contributed by atoms with Crippen LogP contribution in [0.4, 0.5) is 20.6 Å². The fraction of sp³-hybridized carbons (Fsp3) is 0.355. The average molecular weight is 724 g/mol. The average Bonchev–Trinajstić information content (AvgIpc) is 3.04. The van der Waals surface area contributed by atoms with Crippen molar-refractivity contribution in [1.82, 2.24) is 14.9 Å². The molecule has 266 valence electrons. The van der Waals surface area contributed by atoms with Crippen LogP contribution in [-0.4, -0.2) is 87.5 Å². The standard InChI is InChI=1S/C31H38FN5O10S2/c1-48(43,44)36-27-14-21(3-9-28(27)38)29(39)18-33-16-20-10-12-37(13-11-20)49(45,46)25-7-4-23(5-8-25)35-31(42)34-17-22-2-6-24(15-26(22)32)47-19-30(40)41/h2-9,14-15,20,29,33,36,38-39H,10-13,16-19H2,1H3,(H,40,41)(H2,34,35,42). The molecule has 49 heavy (non-hydrogen) atoms. The van der Waals surface area contributed by atoms with Crippen LogP contribution < -0.4 is 25.4 Å². The molecule has 0 bridgehead atoms. The molecule has 0 aliphatic carbocycles. The van der Waals surface area contributed by atoms with Crippen LogP contribution in [0.25, 0.3) is 0 Å². The molecule has 1 atom stereocenters. The molecule has 1 heterocycles. The summed E-state index contributed by atoms with van der Waals surface area (Å²) < 4.78 is 72.4. The van der Waals surface area contributed by atoms with Crippen LogP contribution in [0.5, 0.6) is 11.5 Å². The molecule has 1 aliphatic heterocycles. The van der Waals surface area contributed by atoms with Crippen molar-refractivity contribution in [2.75, 3.05) is 49.1 Å². The Morgan fingerprint density at radius 3 is 2.35 bits per heavy atom. The lowest BCUT2D eigenvalue weighted by atomic mass is 9.98. The van der Waals surface area contributed by atoms with E-state index in [1.807, 2.05) is 0 Å². The molecule has 2 amide bonds. The van der Waals surface area contributed by atoms with Gasteiger partial charge in [0.05, 0.1) is 22.9 Å². The zero-order chi connectivity index (χ0) is 35.8. The molecule has 0 spiro atoms. The number of carboxylic acid groups (broad SMARTS) is 1. The van der Waals surface area contributed by atoms with E-state index >= 15 is 0 Å². The Labute approximate surface area is 283 Å². The molecule has 1 aliphatic rings. The summed E-state index contributed by atoms with van der Waals surface area (Å²) >= 11 is 0. The largest absolute Gasteiger partial charge is 0.506 e. The minimum absolute atomic E-state index is 0.0348. The van der Waals surface area contributed by atoms with Gasteiger partial charge in [0.2, 0.25) is 20.0 Å². The first kappa shape index (κ1) is 37.3. The summed E-state index contributed by atoms with van der Waals surface area (Å²) in [6.07, 6.45) is 1.15. The highest BCUT2D eigenvalue weighted by molar-refractivity contribution is 7.92. The number of nitrogens with zero attached hydrogens (tertiary/aromatic N) is 1. The van der Waals surface area contributed by atoms with Crippen molar-refractivity contribution in [1.29, 1.82) is 0 Å². The van der Waals surface area contributed by atoms with E-state index in [-0.39, 0.29) is 46.7 Å². The minimum Gasteiger partial charge on any atom is -0.506 e. The number of anilines is 2. The van der Waals surface area contributed by atoms with Crippen LogP contribution in [0.1, 0.15) is 30.1 Å². The van der Waals surface area contributed by atoms with Gasteiger partial charge in [-0.25, -0.2) is 30.8 Å². The zero-order valence-electron chi connectivity index (χ0n) is 26.4. The van der Waals surface area contributed by atoms with E-state index in [9.17, 15) is 41.0 Å². The molecule has 1 saturated heterocycles. The van der Waals surface area contributed by atoms with E-state index in [0.29, 0.717) is 43.7 Å². The summed E-state index contributed by atoms with van der Waals surface area (Å²) in [7, 11) is -7.42. The maximum absolute atomic E-state index is 14.3. The number of amides is 2. The van der Waals surface area contributed by atoms with Crippen molar-refractivity contribution >= 4 is 43.4 Å². The van der Waals surface area contributed by atoms with Gasteiger partial charge in [0.15, 0.2) is 6.61 Å². The number of nitrogens with one attached hydrogen (secondary N) is 4. The number of ether oxygens (including phenoxy) is 1. The highest BCUT2D eigenvalue weighted by atomic mass is 32.2. The van der Waals surface area contributed by atoms with Crippen LogP contribution in [0, 0.1) is 11.7 Å². The lowest BCUT2D eigenvalue weighted by Gasteiger charge is -2.31. The molecule has 7 N–H and O–H groups in total. The molecule has 3 aromatic rings. The normalized spacial score (nSPS) is 14.9. The Bertz CT molecular complexity index is 1850. The van der Waals surface area contributed by atoms with Gasteiger partial charge in [-0.05, 0) is 73.3 Å². The fourth-order valence-electron chi connectivity index (χ4n) is 5.05. The molecule has 1 unspecified atom stereocenters. The van der Waals surface area contributed by atoms with Crippen molar-refractivity contribution < 1.29 is 50.9 Å². The summed E-state index contributed by atoms with van der Waals surface area (Å²) in [5, 5.41) is 37.3. The zero-order valence-corrected chi connectivity index (χ0v) is 28.1. The van der Waals surface area contributed by atoms with E-state index in [2.05, 4.69) is 20.7 Å². The molecule has 1 fully saturated rings. The van der Waals surface area contributed by atoms with Crippen LogP contribution in [0.2, 0.25) is 0 Å². The van der Waals surface area contributed by atoms with Gasteiger partial charge < -0.3 is 36.0 Å². The number of carboxylic acids is 1. The Morgan fingerprint density at radius 2 is 1.71 bits per heavy atom. The monoisotopic (exact) mass is 723 g/mol. The number of aliphatic hydroxyl groups excluding tert-OH is 1. The lowest BCUT2D eigenvalue weighted by Crippen LogP contribution is -2.41. The van der Waals surface area contributed by atoms with Crippen LogP contribution in [0.15, 0.2) is 65.6 Å². The van der Waals surface area contributed by atoms with Crippen molar-refractivity contribution in [2.24, 2.45) is 5.92 Å². The van der Waals surface area contributed by atoms with Crippen molar-refractivity contribution in [2.45, 2.75) is 30.4 Å². The van der Waals surface area contributed by atoms with E-state index in [1.165, 1.54) is 58.9 Å².